The van der Waals surface area contributed by atoms with E-state index in [-0.39, 0.29) is 5.75 Å². The van der Waals surface area contributed by atoms with Crippen molar-refractivity contribution in [2.24, 2.45) is 5.73 Å². The highest BCUT2D eigenvalue weighted by molar-refractivity contribution is 5.92. The first kappa shape index (κ1) is 9.09. The normalized spacial score (nSPS) is 11.1. The number of H-pyrrole nitrogens is 1. The van der Waals surface area contributed by atoms with Crippen LogP contribution in [0, 0.1) is 13.8 Å². The van der Waals surface area contributed by atoms with Crippen LogP contribution in [0.15, 0.2) is 12.1 Å². The molecule has 0 bridgehead atoms. The number of fused-ring (bicyclic) bond motifs is 1. The van der Waals surface area contributed by atoms with Gasteiger partial charge in [-0.05, 0) is 31.0 Å². The fourth-order valence-corrected chi connectivity index (χ4v) is 1.92. The van der Waals surface area contributed by atoms with Crippen molar-refractivity contribution in [3.05, 3.63) is 29.0 Å². The zero-order valence-corrected chi connectivity index (χ0v) is 8.39. The van der Waals surface area contributed by atoms with E-state index < -0.39 is 0 Å². The van der Waals surface area contributed by atoms with Gasteiger partial charge in [0.2, 0.25) is 0 Å². The third-order valence-electron chi connectivity index (χ3n) is 2.66. The molecule has 0 spiro atoms. The summed E-state index contributed by atoms with van der Waals surface area (Å²) in [7, 11) is 0. The van der Waals surface area contributed by atoms with Crippen LogP contribution in [0.4, 0.5) is 0 Å². The Hall–Kier alpha value is -1.48. The third kappa shape index (κ3) is 1.09. The minimum absolute atomic E-state index is 0.286. The van der Waals surface area contributed by atoms with Crippen LogP contribution >= 0.6 is 0 Å². The highest BCUT2D eigenvalue weighted by atomic mass is 16.3. The van der Waals surface area contributed by atoms with Crippen LogP contribution in [0.25, 0.3) is 10.9 Å². The lowest BCUT2D eigenvalue weighted by Gasteiger charge is -2.01. The molecule has 4 N–H and O–H groups in total. The second kappa shape index (κ2) is 3.03. The van der Waals surface area contributed by atoms with Gasteiger partial charge in [-0.25, -0.2) is 0 Å². The molecular weight excluding hydrogens is 176 g/mol. The van der Waals surface area contributed by atoms with E-state index in [2.05, 4.69) is 4.98 Å². The van der Waals surface area contributed by atoms with E-state index in [0.29, 0.717) is 6.54 Å². The largest absolute Gasteiger partial charge is 0.506 e. The summed E-state index contributed by atoms with van der Waals surface area (Å²) in [5.74, 6) is 0.286. The Balaban J connectivity index is 2.93. The molecule has 2 aromatic rings. The summed E-state index contributed by atoms with van der Waals surface area (Å²) in [6.45, 7) is 4.49. The first-order valence-corrected chi connectivity index (χ1v) is 4.65. The van der Waals surface area contributed by atoms with Crippen LogP contribution in [-0.2, 0) is 6.54 Å². The number of aromatic nitrogens is 1. The molecule has 0 saturated carbocycles. The predicted molar refractivity (Wildman–Crippen MR) is 57.3 cm³/mol. The Labute approximate surface area is 82.6 Å². The van der Waals surface area contributed by atoms with Gasteiger partial charge in [-0.1, -0.05) is 6.07 Å². The van der Waals surface area contributed by atoms with E-state index in [0.717, 1.165) is 27.7 Å². The average Bonchev–Trinajstić information content (AvgIpc) is 2.50. The molecule has 0 aliphatic carbocycles. The van der Waals surface area contributed by atoms with Gasteiger partial charge in [0, 0.05) is 17.6 Å². The van der Waals surface area contributed by atoms with E-state index in [4.69, 9.17) is 5.73 Å². The molecule has 0 fully saturated rings. The minimum atomic E-state index is 0.286. The van der Waals surface area contributed by atoms with Gasteiger partial charge in [0.15, 0.2) is 0 Å². The highest BCUT2D eigenvalue weighted by Crippen LogP contribution is 2.31. The molecule has 0 atom stereocenters. The van der Waals surface area contributed by atoms with E-state index >= 15 is 0 Å². The Kier molecular flexibility index (Phi) is 1.97. The number of nitrogens with one attached hydrogen (secondary N) is 1. The summed E-state index contributed by atoms with van der Waals surface area (Å²) in [6, 6.07) is 3.61. The second-order valence-corrected chi connectivity index (χ2v) is 3.58. The predicted octanol–water partition coefficient (Wildman–Crippen LogP) is 1.95. The molecule has 1 aromatic heterocycles. The maximum atomic E-state index is 9.66. The molecule has 0 unspecified atom stereocenters. The molecule has 1 aromatic carbocycles. The van der Waals surface area contributed by atoms with Crippen LogP contribution in [0.5, 0.6) is 5.75 Å². The number of hydrogen-bond acceptors (Lipinski definition) is 2. The third-order valence-corrected chi connectivity index (χ3v) is 2.66. The Morgan fingerprint density at radius 3 is 2.71 bits per heavy atom. The van der Waals surface area contributed by atoms with Gasteiger partial charge in [-0.15, -0.1) is 0 Å². The van der Waals surface area contributed by atoms with Crippen LogP contribution in [0.2, 0.25) is 0 Å². The van der Waals surface area contributed by atoms with Gasteiger partial charge in [0.1, 0.15) is 5.75 Å². The summed E-state index contributed by atoms with van der Waals surface area (Å²) in [4.78, 5) is 3.16. The van der Waals surface area contributed by atoms with Crippen LogP contribution in [-0.4, -0.2) is 10.1 Å². The molecule has 0 radical (unpaired) electrons. The minimum Gasteiger partial charge on any atom is -0.506 e. The summed E-state index contributed by atoms with van der Waals surface area (Å²) in [5, 5.41) is 10.7. The lowest BCUT2D eigenvalue weighted by molar-refractivity contribution is 0.480. The van der Waals surface area contributed by atoms with E-state index in [9.17, 15) is 5.11 Å². The first-order valence-electron chi connectivity index (χ1n) is 4.65. The Morgan fingerprint density at radius 1 is 1.36 bits per heavy atom. The molecule has 74 valence electrons. The standard InChI is InChI=1S/C11H14N2O/c1-6-3-4-9(14)11-10(6)8(5-12)7(2)13-11/h3-4,13-14H,5,12H2,1-2H3. The summed E-state index contributed by atoms with van der Waals surface area (Å²) in [6.07, 6.45) is 0. The average molecular weight is 190 g/mol. The van der Waals surface area contributed by atoms with Crippen molar-refractivity contribution in [2.75, 3.05) is 0 Å². The van der Waals surface area contributed by atoms with E-state index in [1.54, 1.807) is 6.07 Å². The lowest BCUT2D eigenvalue weighted by atomic mass is 10.1. The fourth-order valence-electron chi connectivity index (χ4n) is 1.92. The van der Waals surface area contributed by atoms with Gasteiger partial charge in [-0.3, -0.25) is 0 Å². The van der Waals surface area contributed by atoms with Crippen molar-refractivity contribution in [3.63, 3.8) is 0 Å². The maximum Gasteiger partial charge on any atom is 0.139 e. The molecule has 3 heteroatoms. The maximum absolute atomic E-state index is 9.66. The van der Waals surface area contributed by atoms with Crippen LogP contribution < -0.4 is 5.73 Å². The van der Waals surface area contributed by atoms with Crippen molar-refractivity contribution in [1.29, 1.82) is 0 Å². The lowest BCUT2D eigenvalue weighted by Crippen LogP contribution is -1.97. The number of phenolic OH excluding ortho intramolecular Hbond substituents is 1. The van der Waals surface area contributed by atoms with Gasteiger partial charge in [0.25, 0.3) is 0 Å². The monoisotopic (exact) mass is 190 g/mol. The topological polar surface area (TPSA) is 62.0 Å². The van der Waals surface area contributed by atoms with Gasteiger partial charge in [0.05, 0.1) is 5.52 Å². The number of nitrogens with two attached hydrogens (primary N) is 1. The smallest absolute Gasteiger partial charge is 0.139 e. The quantitative estimate of drug-likeness (QED) is 0.643. The van der Waals surface area contributed by atoms with Gasteiger partial charge >= 0.3 is 0 Å². The zero-order valence-electron chi connectivity index (χ0n) is 8.39. The van der Waals surface area contributed by atoms with Crippen molar-refractivity contribution >= 4 is 10.9 Å². The molecule has 0 saturated heterocycles. The fraction of sp³-hybridized carbons (Fsp3) is 0.273. The number of benzene rings is 1. The summed E-state index contributed by atoms with van der Waals surface area (Å²) < 4.78 is 0. The molecular formula is C11H14N2O. The number of hydrogen-bond donors (Lipinski definition) is 3. The molecule has 0 aliphatic rings. The van der Waals surface area contributed by atoms with E-state index in [1.807, 2.05) is 19.9 Å². The van der Waals surface area contributed by atoms with Crippen LogP contribution in [0.3, 0.4) is 0 Å². The molecule has 0 aliphatic heterocycles. The Bertz CT molecular complexity index is 485. The number of aromatic hydroxyl groups is 1. The number of phenols is 1. The highest BCUT2D eigenvalue weighted by Gasteiger charge is 2.11. The molecule has 3 nitrogen and oxygen atoms in total. The molecule has 0 amide bonds. The number of aromatic amines is 1. The van der Waals surface area contributed by atoms with Crippen LogP contribution in [0.1, 0.15) is 16.8 Å². The first-order chi connectivity index (χ1) is 6.65. The number of aryl methyl sites for hydroxylation is 2. The van der Waals surface area contributed by atoms with E-state index in [1.165, 1.54) is 0 Å². The summed E-state index contributed by atoms with van der Waals surface area (Å²) in [5.41, 5.74) is 9.74. The molecule has 2 rings (SSSR count). The second-order valence-electron chi connectivity index (χ2n) is 3.58. The summed E-state index contributed by atoms with van der Waals surface area (Å²) >= 11 is 0. The van der Waals surface area contributed by atoms with Crippen molar-refractivity contribution in [2.45, 2.75) is 20.4 Å². The molecule has 1 heterocycles. The number of rotatable bonds is 1. The van der Waals surface area contributed by atoms with Gasteiger partial charge in [-0.2, -0.15) is 0 Å². The molecule has 14 heavy (non-hydrogen) atoms. The van der Waals surface area contributed by atoms with Crippen molar-refractivity contribution in [3.8, 4) is 5.75 Å². The zero-order chi connectivity index (χ0) is 10.3. The van der Waals surface area contributed by atoms with Gasteiger partial charge < -0.3 is 15.8 Å². The Morgan fingerprint density at radius 2 is 2.07 bits per heavy atom. The van der Waals surface area contributed by atoms with Crippen molar-refractivity contribution < 1.29 is 5.11 Å². The SMILES string of the molecule is Cc1[nH]c2c(O)ccc(C)c2c1CN. The van der Waals surface area contributed by atoms with Crippen molar-refractivity contribution in [1.82, 2.24) is 4.98 Å².